The molecule has 2 nitrogen and oxygen atoms in total. The Kier molecular flexibility index (Phi) is 4.39. The average Bonchev–Trinajstić information content (AvgIpc) is 2.51. The maximum atomic E-state index is 13.3. The van der Waals surface area contributed by atoms with Crippen LogP contribution in [0.5, 0.6) is 0 Å². The van der Waals surface area contributed by atoms with Gasteiger partial charge in [0, 0.05) is 0 Å². The molecule has 2 aromatic rings. The summed E-state index contributed by atoms with van der Waals surface area (Å²) in [7, 11) is 0. The van der Waals surface area contributed by atoms with E-state index < -0.39 is 53.0 Å². The van der Waals surface area contributed by atoms with Crippen LogP contribution in [0.2, 0.25) is 0 Å². The maximum Gasteiger partial charge on any atom is 0.338 e. The Morgan fingerprint density at radius 1 is 0.773 bits per heavy atom. The van der Waals surface area contributed by atoms with Gasteiger partial charge < -0.3 is 4.74 Å². The molecule has 0 saturated carbocycles. The molecule has 22 heavy (non-hydrogen) atoms. The third-order valence-electron chi connectivity index (χ3n) is 2.73. The second-order valence-electron chi connectivity index (χ2n) is 4.13. The molecule has 0 amide bonds. The number of hydrogen-bond acceptors (Lipinski definition) is 2. The summed E-state index contributed by atoms with van der Waals surface area (Å²) in [6.07, 6.45) is 0. The maximum absolute atomic E-state index is 13.3. The first kappa shape index (κ1) is 15.9. The molecular weight excluding hydrogens is 314 g/mol. The number of esters is 1. The van der Waals surface area contributed by atoms with Gasteiger partial charge in [0.2, 0.25) is 5.82 Å². The van der Waals surface area contributed by atoms with Gasteiger partial charge in [-0.2, -0.15) is 0 Å². The zero-order valence-electron chi connectivity index (χ0n) is 10.6. The lowest BCUT2D eigenvalue weighted by molar-refractivity contribution is 0.0462. The molecule has 0 N–H and O–H groups in total. The average molecular weight is 320 g/mol. The fraction of sp³-hybridized carbons (Fsp3) is 0.0714. The van der Waals surface area contributed by atoms with Gasteiger partial charge in [0.15, 0.2) is 23.3 Å². The highest BCUT2D eigenvalue weighted by Gasteiger charge is 2.26. The molecule has 8 heteroatoms. The van der Waals surface area contributed by atoms with Crippen molar-refractivity contribution >= 4 is 5.97 Å². The van der Waals surface area contributed by atoms with Gasteiger partial charge in [-0.1, -0.05) is 0 Å². The number of hydrogen-bond donors (Lipinski definition) is 0. The van der Waals surface area contributed by atoms with Crippen LogP contribution in [0.4, 0.5) is 26.3 Å². The van der Waals surface area contributed by atoms with E-state index in [1.807, 2.05) is 0 Å². The molecule has 0 unspecified atom stereocenters. The molecule has 2 rings (SSSR count). The van der Waals surface area contributed by atoms with Gasteiger partial charge in [-0.15, -0.1) is 0 Å². The minimum atomic E-state index is -2.30. The molecule has 0 heterocycles. The Labute approximate surface area is 119 Å². The van der Waals surface area contributed by atoms with E-state index >= 15 is 0 Å². The largest absolute Gasteiger partial charge is 0.457 e. The molecule has 0 atom stereocenters. The fourth-order valence-corrected chi connectivity index (χ4v) is 1.58. The van der Waals surface area contributed by atoms with Crippen LogP contribution in [0.15, 0.2) is 24.3 Å². The summed E-state index contributed by atoms with van der Waals surface area (Å²) >= 11 is 0. The van der Waals surface area contributed by atoms with Gasteiger partial charge in [0.25, 0.3) is 0 Å². The summed E-state index contributed by atoms with van der Waals surface area (Å²) in [5.74, 6) is -12.5. The SMILES string of the molecule is O=C(OCc1c(F)c(F)c(F)c(F)c1F)c1ccc(F)cc1. The lowest BCUT2D eigenvalue weighted by Crippen LogP contribution is -2.11. The standard InChI is InChI=1S/C14H6F6O2/c15-7-3-1-6(2-4-7)14(21)22-5-8-9(16)11(18)13(20)12(19)10(8)17/h1-4H,5H2. The molecular formula is C14H6F6O2. The highest BCUT2D eigenvalue weighted by Crippen LogP contribution is 2.23. The van der Waals surface area contributed by atoms with Gasteiger partial charge in [0.05, 0.1) is 11.1 Å². The summed E-state index contributed by atoms with van der Waals surface area (Å²) in [6.45, 7) is -1.16. The van der Waals surface area contributed by atoms with Crippen molar-refractivity contribution in [2.24, 2.45) is 0 Å². The van der Waals surface area contributed by atoms with E-state index in [9.17, 15) is 31.1 Å². The molecule has 0 fully saturated rings. The van der Waals surface area contributed by atoms with Crippen molar-refractivity contribution in [1.82, 2.24) is 0 Å². The molecule has 2 aromatic carbocycles. The van der Waals surface area contributed by atoms with Crippen LogP contribution in [-0.2, 0) is 11.3 Å². The molecule has 0 aliphatic rings. The Balaban J connectivity index is 2.22. The normalized spacial score (nSPS) is 10.6. The first-order valence-corrected chi connectivity index (χ1v) is 5.76. The number of carbonyl (C=O) groups is 1. The molecule has 116 valence electrons. The van der Waals surface area contributed by atoms with E-state index in [1.54, 1.807) is 0 Å². The van der Waals surface area contributed by atoms with Crippen LogP contribution < -0.4 is 0 Å². The highest BCUT2D eigenvalue weighted by atomic mass is 19.2. The van der Waals surface area contributed by atoms with E-state index in [-0.39, 0.29) is 5.56 Å². The smallest absolute Gasteiger partial charge is 0.338 e. The second kappa shape index (κ2) is 6.08. The minimum absolute atomic E-state index is 0.148. The predicted octanol–water partition coefficient (Wildman–Crippen LogP) is 3.88. The summed E-state index contributed by atoms with van der Waals surface area (Å²) in [5, 5.41) is 0. The highest BCUT2D eigenvalue weighted by molar-refractivity contribution is 5.89. The number of halogens is 6. The molecule has 0 bridgehead atoms. The third kappa shape index (κ3) is 2.90. The van der Waals surface area contributed by atoms with Crippen LogP contribution in [0.1, 0.15) is 15.9 Å². The Hall–Kier alpha value is -2.51. The molecule has 0 aliphatic heterocycles. The number of benzene rings is 2. The van der Waals surface area contributed by atoms with E-state index in [2.05, 4.69) is 4.74 Å². The van der Waals surface area contributed by atoms with Gasteiger partial charge in [-0.25, -0.2) is 31.1 Å². The van der Waals surface area contributed by atoms with Crippen molar-refractivity contribution in [2.45, 2.75) is 6.61 Å². The summed E-state index contributed by atoms with van der Waals surface area (Å²) in [4.78, 5) is 11.5. The Morgan fingerprint density at radius 2 is 1.23 bits per heavy atom. The van der Waals surface area contributed by atoms with Crippen LogP contribution in [0.25, 0.3) is 0 Å². The van der Waals surface area contributed by atoms with Crippen LogP contribution in [0.3, 0.4) is 0 Å². The van der Waals surface area contributed by atoms with Crippen LogP contribution >= 0.6 is 0 Å². The van der Waals surface area contributed by atoms with E-state index in [0.29, 0.717) is 0 Å². The van der Waals surface area contributed by atoms with Gasteiger partial charge >= 0.3 is 5.97 Å². The topological polar surface area (TPSA) is 26.3 Å². The summed E-state index contributed by atoms with van der Waals surface area (Å²) in [5.41, 5.74) is -1.42. The van der Waals surface area contributed by atoms with E-state index in [1.165, 1.54) is 0 Å². The summed E-state index contributed by atoms with van der Waals surface area (Å²) in [6, 6.07) is 3.95. The van der Waals surface area contributed by atoms with Crippen LogP contribution in [0, 0.1) is 34.9 Å². The van der Waals surface area contributed by atoms with E-state index in [0.717, 1.165) is 24.3 Å². The molecule has 0 spiro atoms. The van der Waals surface area contributed by atoms with Crippen molar-refractivity contribution in [3.8, 4) is 0 Å². The summed E-state index contributed by atoms with van der Waals surface area (Å²) < 4.78 is 82.6. The van der Waals surface area contributed by atoms with Gasteiger partial charge in [-0.05, 0) is 24.3 Å². The van der Waals surface area contributed by atoms with E-state index in [4.69, 9.17) is 0 Å². The third-order valence-corrected chi connectivity index (χ3v) is 2.73. The minimum Gasteiger partial charge on any atom is -0.457 e. The Morgan fingerprint density at radius 3 is 1.73 bits per heavy atom. The van der Waals surface area contributed by atoms with Crippen molar-refractivity contribution in [2.75, 3.05) is 0 Å². The molecule has 0 radical (unpaired) electrons. The van der Waals surface area contributed by atoms with Crippen LogP contribution in [-0.4, -0.2) is 5.97 Å². The fourth-order valence-electron chi connectivity index (χ4n) is 1.58. The quantitative estimate of drug-likeness (QED) is 0.371. The lowest BCUT2D eigenvalue weighted by Gasteiger charge is -2.09. The molecule has 0 aromatic heterocycles. The van der Waals surface area contributed by atoms with Crippen molar-refractivity contribution in [3.63, 3.8) is 0 Å². The number of carbonyl (C=O) groups excluding carboxylic acids is 1. The molecule has 0 saturated heterocycles. The second-order valence-corrected chi connectivity index (χ2v) is 4.13. The lowest BCUT2D eigenvalue weighted by atomic mass is 10.1. The predicted molar refractivity (Wildman–Crippen MR) is 61.8 cm³/mol. The molecule has 0 aliphatic carbocycles. The van der Waals surface area contributed by atoms with Gasteiger partial charge in [-0.3, -0.25) is 0 Å². The zero-order chi connectivity index (χ0) is 16.4. The van der Waals surface area contributed by atoms with Gasteiger partial charge in [0.1, 0.15) is 12.4 Å². The van der Waals surface area contributed by atoms with Crippen molar-refractivity contribution in [3.05, 3.63) is 70.3 Å². The monoisotopic (exact) mass is 320 g/mol. The first-order chi connectivity index (χ1) is 10.3. The van der Waals surface area contributed by atoms with Crippen molar-refractivity contribution < 1.29 is 35.9 Å². The zero-order valence-corrected chi connectivity index (χ0v) is 10.6. The number of rotatable bonds is 3. The first-order valence-electron chi connectivity index (χ1n) is 5.76. The van der Waals surface area contributed by atoms with Crippen molar-refractivity contribution in [1.29, 1.82) is 0 Å². The number of ether oxygens (including phenoxy) is 1. The Bertz CT molecular complexity index is 698.